The van der Waals surface area contributed by atoms with Crippen LogP contribution in [0.5, 0.6) is 5.75 Å². The third-order valence-electron chi connectivity index (χ3n) is 5.29. The van der Waals surface area contributed by atoms with Crippen LogP contribution < -0.4 is 15.2 Å². The number of piperazine rings is 1. The van der Waals surface area contributed by atoms with Crippen LogP contribution in [0.1, 0.15) is 41.9 Å². The van der Waals surface area contributed by atoms with Crippen LogP contribution in [0.15, 0.2) is 35.3 Å². The lowest BCUT2D eigenvalue weighted by Gasteiger charge is -2.39. The quantitative estimate of drug-likeness (QED) is 0.865. The molecular formula is C20H22N4O4. The van der Waals surface area contributed by atoms with E-state index in [0.717, 1.165) is 18.5 Å². The SMILES string of the molecule is COc1cccc(N2CCN(C(=O)c3cnc(C4CC4)[nH]c3=O)[C@H](C)C2=O)c1. The number of hydrogen-bond donors (Lipinski definition) is 1. The zero-order valence-electron chi connectivity index (χ0n) is 15.8. The van der Waals surface area contributed by atoms with Gasteiger partial charge in [-0.25, -0.2) is 4.98 Å². The van der Waals surface area contributed by atoms with Gasteiger partial charge in [-0.15, -0.1) is 0 Å². The molecule has 1 atom stereocenters. The number of rotatable bonds is 4. The van der Waals surface area contributed by atoms with Crippen molar-refractivity contribution < 1.29 is 14.3 Å². The molecular weight excluding hydrogens is 360 g/mol. The van der Waals surface area contributed by atoms with Gasteiger partial charge in [-0.2, -0.15) is 0 Å². The Labute approximate surface area is 162 Å². The molecule has 1 aromatic carbocycles. The number of ether oxygens (including phenoxy) is 1. The Kier molecular flexibility index (Phi) is 4.62. The van der Waals surface area contributed by atoms with Gasteiger partial charge in [0.25, 0.3) is 11.5 Å². The maximum Gasteiger partial charge on any atom is 0.263 e. The fourth-order valence-corrected chi connectivity index (χ4v) is 3.46. The van der Waals surface area contributed by atoms with E-state index in [9.17, 15) is 14.4 Å². The molecule has 1 aliphatic carbocycles. The highest BCUT2D eigenvalue weighted by atomic mass is 16.5. The second-order valence-corrected chi connectivity index (χ2v) is 7.15. The highest BCUT2D eigenvalue weighted by molar-refractivity contribution is 6.03. The van der Waals surface area contributed by atoms with Crippen LogP contribution >= 0.6 is 0 Å². The van der Waals surface area contributed by atoms with Crippen LogP contribution in [0.4, 0.5) is 5.69 Å². The summed E-state index contributed by atoms with van der Waals surface area (Å²) in [6.45, 7) is 2.34. The highest BCUT2D eigenvalue weighted by Gasteiger charge is 2.36. The Balaban J connectivity index is 1.53. The lowest BCUT2D eigenvalue weighted by atomic mass is 10.1. The number of hydrogen-bond acceptors (Lipinski definition) is 5. The molecule has 2 heterocycles. The summed E-state index contributed by atoms with van der Waals surface area (Å²) in [5.41, 5.74) is 0.243. The third kappa shape index (κ3) is 3.26. The largest absolute Gasteiger partial charge is 0.497 e. The van der Waals surface area contributed by atoms with Gasteiger partial charge >= 0.3 is 0 Å². The molecule has 1 saturated carbocycles. The fraction of sp³-hybridized carbons (Fsp3) is 0.400. The second-order valence-electron chi connectivity index (χ2n) is 7.15. The lowest BCUT2D eigenvalue weighted by Crippen LogP contribution is -2.58. The molecule has 0 radical (unpaired) electrons. The highest BCUT2D eigenvalue weighted by Crippen LogP contribution is 2.37. The van der Waals surface area contributed by atoms with Crippen LogP contribution in [-0.4, -0.2) is 52.9 Å². The molecule has 1 N–H and O–H groups in total. The van der Waals surface area contributed by atoms with Crippen LogP contribution in [-0.2, 0) is 4.79 Å². The molecule has 8 heteroatoms. The summed E-state index contributed by atoms with van der Waals surface area (Å²) >= 11 is 0. The second kappa shape index (κ2) is 7.10. The molecule has 0 bridgehead atoms. The van der Waals surface area contributed by atoms with Gasteiger partial charge < -0.3 is 19.5 Å². The van der Waals surface area contributed by atoms with Gasteiger partial charge in [0, 0.05) is 37.0 Å². The summed E-state index contributed by atoms with van der Waals surface area (Å²) in [5.74, 6) is 0.913. The average Bonchev–Trinajstić information content (AvgIpc) is 3.55. The van der Waals surface area contributed by atoms with E-state index in [1.54, 1.807) is 25.0 Å². The molecule has 0 unspecified atom stereocenters. The molecule has 2 amide bonds. The molecule has 0 spiro atoms. The average molecular weight is 382 g/mol. The summed E-state index contributed by atoms with van der Waals surface area (Å²) in [6.07, 6.45) is 3.35. The maximum atomic E-state index is 12.9. The molecule has 28 heavy (non-hydrogen) atoms. The van der Waals surface area contributed by atoms with Crippen molar-refractivity contribution in [3.05, 3.63) is 52.2 Å². The van der Waals surface area contributed by atoms with Gasteiger partial charge in [0.05, 0.1) is 7.11 Å². The van der Waals surface area contributed by atoms with E-state index in [1.165, 1.54) is 11.1 Å². The molecule has 1 saturated heterocycles. The molecule has 2 fully saturated rings. The van der Waals surface area contributed by atoms with E-state index < -0.39 is 17.5 Å². The molecule has 1 aromatic heterocycles. The van der Waals surface area contributed by atoms with E-state index >= 15 is 0 Å². The normalized spacial score (nSPS) is 19.6. The molecule has 4 rings (SSSR count). The van der Waals surface area contributed by atoms with Gasteiger partial charge in [0.2, 0.25) is 5.91 Å². The zero-order chi connectivity index (χ0) is 19.8. The van der Waals surface area contributed by atoms with Gasteiger partial charge in [-0.3, -0.25) is 14.4 Å². The smallest absolute Gasteiger partial charge is 0.263 e. The number of nitrogens with zero attached hydrogens (tertiary/aromatic N) is 3. The molecule has 2 aliphatic rings. The minimum absolute atomic E-state index is 0.0288. The maximum absolute atomic E-state index is 12.9. The topological polar surface area (TPSA) is 95.6 Å². The van der Waals surface area contributed by atoms with Gasteiger partial charge in [0.15, 0.2) is 0 Å². The van der Waals surface area contributed by atoms with Crippen molar-refractivity contribution in [3.8, 4) is 5.75 Å². The molecule has 2 aromatic rings. The number of anilines is 1. The number of amides is 2. The van der Waals surface area contributed by atoms with Crippen molar-refractivity contribution in [2.24, 2.45) is 0 Å². The van der Waals surface area contributed by atoms with Crippen LogP contribution in [0, 0.1) is 0 Å². The van der Waals surface area contributed by atoms with Crippen molar-refractivity contribution in [1.82, 2.24) is 14.9 Å². The Morgan fingerprint density at radius 3 is 2.71 bits per heavy atom. The van der Waals surface area contributed by atoms with Crippen molar-refractivity contribution >= 4 is 17.5 Å². The number of carbonyl (C=O) groups excluding carboxylic acids is 2. The predicted octanol–water partition coefficient (Wildman–Crippen LogP) is 1.53. The number of aromatic nitrogens is 2. The van der Waals surface area contributed by atoms with E-state index in [2.05, 4.69) is 9.97 Å². The van der Waals surface area contributed by atoms with Crippen LogP contribution in [0.2, 0.25) is 0 Å². The Morgan fingerprint density at radius 1 is 1.25 bits per heavy atom. The van der Waals surface area contributed by atoms with Crippen molar-refractivity contribution in [3.63, 3.8) is 0 Å². The summed E-state index contributed by atoms with van der Waals surface area (Å²) in [5, 5.41) is 0. The first-order chi connectivity index (χ1) is 13.5. The van der Waals surface area contributed by atoms with E-state index in [0.29, 0.717) is 30.6 Å². The lowest BCUT2D eigenvalue weighted by molar-refractivity contribution is -0.124. The van der Waals surface area contributed by atoms with Gasteiger partial charge in [0.1, 0.15) is 23.2 Å². The van der Waals surface area contributed by atoms with E-state index in [1.807, 2.05) is 18.2 Å². The van der Waals surface area contributed by atoms with Crippen LogP contribution in [0.3, 0.4) is 0 Å². The first-order valence-corrected chi connectivity index (χ1v) is 9.35. The van der Waals surface area contributed by atoms with Crippen molar-refractivity contribution in [2.75, 3.05) is 25.1 Å². The Bertz CT molecular complexity index is 982. The third-order valence-corrected chi connectivity index (χ3v) is 5.29. The number of H-pyrrole nitrogens is 1. The summed E-state index contributed by atoms with van der Waals surface area (Å²) in [7, 11) is 1.57. The summed E-state index contributed by atoms with van der Waals surface area (Å²) in [4.78, 5) is 48.1. The number of aromatic amines is 1. The number of methoxy groups -OCH3 is 1. The fourth-order valence-electron chi connectivity index (χ4n) is 3.46. The molecule has 1 aliphatic heterocycles. The number of nitrogens with one attached hydrogen (secondary N) is 1. The monoisotopic (exact) mass is 382 g/mol. The Morgan fingerprint density at radius 2 is 2.04 bits per heavy atom. The number of benzene rings is 1. The van der Waals surface area contributed by atoms with Crippen molar-refractivity contribution in [1.29, 1.82) is 0 Å². The van der Waals surface area contributed by atoms with Gasteiger partial charge in [-0.05, 0) is 31.9 Å². The first-order valence-electron chi connectivity index (χ1n) is 9.35. The summed E-state index contributed by atoms with van der Waals surface area (Å²) in [6, 6.07) is 6.55. The number of carbonyl (C=O) groups is 2. The minimum Gasteiger partial charge on any atom is -0.497 e. The Hall–Kier alpha value is -3.16. The van der Waals surface area contributed by atoms with E-state index in [-0.39, 0.29) is 11.5 Å². The van der Waals surface area contributed by atoms with Crippen molar-refractivity contribution in [2.45, 2.75) is 31.7 Å². The standard InChI is InChI=1S/C20H22N4O4/c1-12-19(26)24(14-4-3-5-15(10-14)28-2)9-8-23(12)20(27)16-11-21-17(13-6-7-13)22-18(16)25/h3-5,10-13H,6-9H2,1-2H3,(H,21,22,25)/t12-/m1/s1. The first kappa shape index (κ1) is 18.2. The van der Waals surface area contributed by atoms with Gasteiger partial charge in [-0.1, -0.05) is 6.07 Å². The minimum atomic E-state index is -0.685. The summed E-state index contributed by atoms with van der Waals surface area (Å²) < 4.78 is 5.22. The van der Waals surface area contributed by atoms with E-state index in [4.69, 9.17) is 4.74 Å². The predicted molar refractivity (Wildman–Crippen MR) is 103 cm³/mol. The molecule has 146 valence electrons. The molecule has 8 nitrogen and oxygen atoms in total. The van der Waals surface area contributed by atoms with Crippen LogP contribution in [0.25, 0.3) is 0 Å². The zero-order valence-corrected chi connectivity index (χ0v) is 15.8.